The first-order valence-electron chi connectivity index (χ1n) is 21.5. The highest BCUT2D eigenvalue weighted by Gasteiger charge is 2.30. The minimum absolute atomic E-state index is 0.0151. The predicted molar refractivity (Wildman–Crippen MR) is 261 cm³/mol. The lowest BCUT2D eigenvalue weighted by atomic mass is 10.1. The summed E-state index contributed by atoms with van der Waals surface area (Å²) in [6.45, 7) is 20.6. The molecule has 1 aliphatic carbocycles. The van der Waals surface area contributed by atoms with Crippen LogP contribution in [0.4, 0.5) is 51.8 Å². The lowest BCUT2D eigenvalue weighted by Gasteiger charge is -2.13. The number of benzene rings is 3. The first-order chi connectivity index (χ1) is 35.1. The first kappa shape index (κ1) is 44.7. The quantitative estimate of drug-likeness (QED) is 0.0762. The summed E-state index contributed by atoms with van der Waals surface area (Å²) >= 11 is 0. The maximum Gasteiger partial charge on any atom is 0.257 e. The van der Waals surface area contributed by atoms with Gasteiger partial charge >= 0.3 is 0 Å². The molecule has 25 heteroatoms. The first-order valence-corrected chi connectivity index (χ1v) is 21.5. The van der Waals surface area contributed by atoms with Crippen LogP contribution in [0.2, 0.25) is 0 Å². The van der Waals surface area contributed by atoms with E-state index >= 15 is 0 Å². The largest absolute Gasteiger partial charge is 0.399 e. The third kappa shape index (κ3) is 8.01. The number of azo groups is 3. The Bertz CT molecular complexity index is 3680. The van der Waals surface area contributed by atoms with Gasteiger partial charge in [0.2, 0.25) is 0 Å². The monoisotopic (exact) mass is 949 g/mol. The Morgan fingerprint density at radius 1 is 0.556 bits per heavy atom. The van der Waals surface area contributed by atoms with Crippen LogP contribution < -0.4 is 17.2 Å². The second kappa shape index (κ2) is 18.5. The van der Waals surface area contributed by atoms with E-state index < -0.39 is 5.92 Å². The van der Waals surface area contributed by atoms with Gasteiger partial charge in [-0.1, -0.05) is 60.7 Å². The number of para-hydroxylation sites is 3. The van der Waals surface area contributed by atoms with Gasteiger partial charge in [0.1, 0.15) is 23.2 Å². The van der Waals surface area contributed by atoms with Crippen LogP contribution in [0.25, 0.3) is 38.6 Å². The van der Waals surface area contributed by atoms with E-state index in [-0.39, 0.29) is 80.8 Å². The summed E-state index contributed by atoms with van der Waals surface area (Å²) in [5.74, 6) is -0.371. The molecule has 0 bridgehead atoms. The summed E-state index contributed by atoms with van der Waals surface area (Å²) in [6, 6.07) is 29.7. The Balaban J connectivity index is 1.08. The molecule has 72 heavy (non-hydrogen) atoms. The number of anilines is 2. The molecule has 348 valence electrons. The van der Waals surface area contributed by atoms with Crippen molar-refractivity contribution in [2.75, 3.05) is 11.5 Å². The molecule has 0 saturated carbocycles. The number of allylic oxidation sites excluding steroid dienone is 2. The van der Waals surface area contributed by atoms with Gasteiger partial charge in [-0.05, 0) is 62.7 Å². The summed E-state index contributed by atoms with van der Waals surface area (Å²) in [5.41, 5.74) is 25.2. The van der Waals surface area contributed by atoms with Gasteiger partial charge in [0.25, 0.3) is 23.3 Å². The maximum absolute atomic E-state index is 9.91. The third-order valence-electron chi connectivity index (χ3n) is 11.1. The van der Waals surface area contributed by atoms with Crippen molar-refractivity contribution >= 4 is 51.8 Å². The Kier molecular flexibility index (Phi) is 11.5. The summed E-state index contributed by atoms with van der Waals surface area (Å²) in [7, 11) is 0. The van der Waals surface area contributed by atoms with Crippen molar-refractivity contribution in [3.8, 4) is 35.0 Å². The molecular formula is C47H35N25. The van der Waals surface area contributed by atoms with E-state index in [0.29, 0.717) is 39.7 Å². The Morgan fingerprint density at radius 3 is 1.44 bits per heavy atom. The molecule has 6 N–H and O–H groups in total. The molecule has 0 aliphatic heterocycles. The van der Waals surface area contributed by atoms with Gasteiger partial charge in [-0.15, -0.1) is 30.7 Å². The summed E-state index contributed by atoms with van der Waals surface area (Å²) in [6.07, 6.45) is 6.01. The van der Waals surface area contributed by atoms with E-state index in [4.69, 9.17) is 45.3 Å². The molecular weight excluding hydrogens is 915 g/mol. The molecule has 1 atom stereocenters. The van der Waals surface area contributed by atoms with Crippen LogP contribution in [0.5, 0.6) is 0 Å². The van der Waals surface area contributed by atoms with E-state index in [2.05, 4.69) is 71.9 Å². The minimum atomic E-state index is -0.819. The minimum Gasteiger partial charge on any atom is -0.399 e. The number of hydrogen-bond donors (Lipinski definition) is 3. The molecule has 0 saturated heterocycles. The molecule has 6 aromatic heterocycles. The molecule has 3 aromatic carbocycles. The molecule has 25 nitrogen and oxygen atoms in total. The molecule has 0 radical (unpaired) electrons. The van der Waals surface area contributed by atoms with Gasteiger partial charge in [-0.3, -0.25) is 0 Å². The molecule has 10 rings (SSSR count). The van der Waals surface area contributed by atoms with E-state index in [1.807, 2.05) is 91.0 Å². The van der Waals surface area contributed by atoms with Crippen LogP contribution in [0.3, 0.4) is 0 Å². The fourth-order valence-corrected chi connectivity index (χ4v) is 7.56. The van der Waals surface area contributed by atoms with Crippen molar-refractivity contribution < 1.29 is 0 Å². The molecule has 0 amide bonds. The highest BCUT2D eigenvalue weighted by molar-refractivity contribution is 5.68. The maximum atomic E-state index is 9.91. The number of aromatic nitrogens is 13. The molecule has 1 aliphatic rings. The predicted octanol–water partition coefficient (Wildman–Crippen LogP) is 9.38. The zero-order valence-corrected chi connectivity index (χ0v) is 38.1. The second-order valence-electron chi connectivity index (χ2n) is 15.7. The van der Waals surface area contributed by atoms with Crippen LogP contribution in [0.1, 0.15) is 35.6 Å². The standard InChI is InChI=1S/C47H35N25/c1-26-21-33(36(49)37(26)60-64-44-34(52-4)24-55-69(44)31-17-11-7-12-18-31)42-57-46(71-40(50)38(27(2)66-71)61-63-43-29(22-48)23-54-68(43)30-15-9-6-10-16-30)59-47(58-42)72-41(51)39(28(3)67-72)62-65-45-35(53-5)25-56-70(45)32-19-13-8-14-20-32/h6-21,23-25,33H,49-51H2,1-3H3. The van der Waals surface area contributed by atoms with Crippen molar-refractivity contribution in [1.82, 2.24) is 63.9 Å². The van der Waals surface area contributed by atoms with E-state index in [1.165, 1.54) is 42.0 Å². The van der Waals surface area contributed by atoms with Crippen LogP contribution in [0, 0.1) is 38.3 Å². The molecule has 1 unspecified atom stereocenters. The molecule has 6 heterocycles. The Hall–Kier alpha value is -11.1. The van der Waals surface area contributed by atoms with Gasteiger partial charge in [-0.2, -0.15) is 55.1 Å². The van der Waals surface area contributed by atoms with Gasteiger partial charge < -0.3 is 17.2 Å². The fraction of sp³-hybridized carbons (Fsp3) is 0.0851. The lowest BCUT2D eigenvalue weighted by molar-refractivity contribution is 0.709. The van der Waals surface area contributed by atoms with Crippen molar-refractivity contribution in [3.05, 3.63) is 178 Å². The van der Waals surface area contributed by atoms with Gasteiger partial charge in [0, 0.05) is 0 Å². The average molecular weight is 950 g/mol. The van der Waals surface area contributed by atoms with Crippen molar-refractivity contribution in [3.63, 3.8) is 0 Å². The van der Waals surface area contributed by atoms with E-state index in [9.17, 15) is 5.26 Å². The second-order valence-corrected chi connectivity index (χ2v) is 15.7. The summed E-state index contributed by atoms with van der Waals surface area (Å²) < 4.78 is 7.00. The van der Waals surface area contributed by atoms with Gasteiger partial charge in [0.15, 0.2) is 40.5 Å². The Labute approximate surface area is 407 Å². The number of nitriles is 1. The van der Waals surface area contributed by atoms with Crippen LogP contribution in [-0.2, 0) is 0 Å². The SMILES string of the molecule is [C-]#[N+]c1cnn(-c2ccccc2)c1N=NC1=C(N)C(c2nc(-n3nc(C)c(N=Nc4c(C#N)cnn4-c4ccccc4)c3N)nc(-n3nc(C)c(N=Nc4c([N+]#[C-])cnn4-c4ccccc4)c3N)n2)C=C1C. The number of aryl methyl sites for hydroxylation is 2. The van der Waals surface area contributed by atoms with E-state index in [0.717, 1.165) is 0 Å². The van der Waals surface area contributed by atoms with Crippen molar-refractivity contribution in [1.29, 1.82) is 5.26 Å². The van der Waals surface area contributed by atoms with Crippen molar-refractivity contribution in [2.24, 2.45) is 36.4 Å². The zero-order valence-electron chi connectivity index (χ0n) is 38.1. The normalized spacial score (nSPS) is 13.6. The smallest absolute Gasteiger partial charge is 0.257 e. The number of nitrogens with zero attached hydrogens (tertiary/aromatic N) is 22. The topological polar surface area (TPSA) is 313 Å². The average Bonchev–Trinajstić information content (AvgIpc) is 4.27. The van der Waals surface area contributed by atoms with Crippen LogP contribution >= 0.6 is 0 Å². The van der Waals surface area contributed by atoms with Crippen LogP contribution in [-0.4, -0.2) is 63.9 Å². The lowest BCUT2D eigenvalue weighted by Crippen LogP contribution is -2.18. The van der Waals surface area contributed by atoms with Gasteiger partial charge in [0.05, 0.1) is 71.8 Å². The fourth-order valence-electron chi connectivity index (χ4n) is 7.56. The summed E-state index contributed by atoms with van der Waals surface area (Å²) in [4.78, 5) is 21.6. The number of nitrogen functional groups attached to an aromatic ring is 2. The third-order valence-corrected chi connectivity index (χ3v) is 11.1. The molecule has 0 spiro atoms. The molecule has 0 fully saturated rings. The van der Waals surface area contributed by atoms with Crippen LogP contribution in [0.15, 0.2) is 163 Å². The number of hydrogen-bond acceptors (Lipinski definition) is 18. The summed E-state index contributed by atoms with van der Waals surface area (Å²) in [5, 5.41) is 59.1. The highest BCUT2D eigenvalue weighted by atomic mass is 15.5. The van der Waals surface area contributed by atoms with Crippen molar-refractivity contribution in [2.45, 2.75) is 26.7 Å². The molecule has 9 aromatic rings. The van der Waals surface area contributed by atoms with Gasteiger partial charge in [-0.25, -0.2) is 23.7 Å². The number of rotatable bonds is 12. The number of nitrogens with two attached hydrogens (primary N) is 3. The highest BCUT2D eigenvalue weighted by Crippen LogP contribution is 2.40. The zero-order chi connectivity index (χ0) is 50.0. The van der Waals surface area contributed by atoms with E-state index in [1.54, 1.807) is 26.8 Å². The Morgan fingerprint density at radius 2 is 0.986 bits per heavy atom.